The zero-order chi connectivity index (χ0) is 16.5. The highest BCUT2D eigenvalue weighted by molar-refractivity contribution is 7.92. The molecule has 2 rings (SSSR count). The number of anilines is 1. The monoisotopic (exact) mass is 353 g/mol. The van der Waals surface area contributed by atoms with Crippen LogP contribution in [0.2, 0.25) is 5.02 Å². The van der Waals surface area contributed by atoms with E-state index in [1.54, 1.807) is 6.92 Å². The second-order valence-electron chi connectivity index (χ2n) is 4.33. The standard InChI is InChI=1S/C12H11ClF3N3O2S/c1-2-19-7-9(6-17-19)18-22(20,21)11-5-8(12(14,15)16)3-4-10(11)13/h3-7,18H,2H2,1H3. The number of halogens is 4. The lowest BCUT2D eigenvalue weighted by atomic mass is 10.2. The molecule has 0 radical (unpaired) electrons. The number of sulfonamides is 1. The van der Waals surface area contributed by atoms with E-state index in [9.17, 15) is 21.6 Å². The van der Waals surface area contributed by atoms with Gasteiger partial charge >= 0.3 is 6.18 Å². The molecule has 0 unspecified atom stereocenters. The summed E-state index contributed by atoms with van der Waals surface area (Å²) in [6.45, 7) is 2.32. The number of rotatable bonds is 4. The molecular weight excluding hydrogens is 343 g/mol. The topological polar surface area (TPSA) is 64.0 Å². The van der Waals surface area contributed by atoms with Gasteiger partial charge in [0.2, 0.25) is 0 Å². The van der Waals surface area contributed by atoms with Crippen LogP contribution in [0.1, 0.15) is 12.5 Å². The predicted octanol–water partition coefficient (Wildman–Crippen LogP) is 3.38. The fraction of sp³-hybridized carbons (Fsp3) is 0.250. The minimum atomic E-state index is -4.66. The van der Waals surface area contributed by atoms with Gasteiger partial charge in [-0.05, 0) is 25.1 Å². The van der Waals surface area contributed by atoms with Crippen LogP contribution in [0.25, 0.3) is 0 Å². The third kappa shape index (κ3) is 3.53. The van der Waals surface area contributed by atoms with Crippen molar-refractivity contribution in [3.63, 3.8) is 0 Å². The highest BCUT2D eigenvalue weighted by Gasteiger charge is 2.32. The lowest BCUT2D eigenvalue weighted by Gasteiger charge is -2.11. The molecule has 10 heteroatoms. The van der Waals surface area contributed by atoms with Gasteiger partial charge in [0.1, 0.15) is 4.90 Å². The smallest absolute Gasteiger partial charge is 0.276 e. The van der Waals surface area contributed by atoms with Crippen molar-refractivity contribution in [3.8, 4) is 0 Å². The summed E-state index contributed by atoms with van der Waals surface area (Å²) in [6, 6.07) is 2.11. The van der Waals surface area contributed by atoms with Crippen molar-refractivity contribution in [3.05, 3.63) is 41.2 Å². The number of aryl methyl sites for hydroxylation is 1. The van der Waals surface area contributed by atoms with Crippen LogP contribution in [-0.2, 0) is 22.7 Å². The molecule has 1 aromatic carbocycles. The van der Waals surface area contributed by atoms with Crippen LogP contribution in [0.15, 0.2) is 35.5 Å². The van der Waals surface area contributed by atoms with Gasteiger partial charge in [0.05, 0.1) is 22.5 Å². The van der Waals surface area contributed by atoms with E-state index in [4.69, 9.17) is 11.6 Å². The van der Waals surface area contributed by atoms with Crippen molar-refractivity contribution >= 4 is 27.3 Å². The molecule has 0 aliphatic carbocycles. The number of hydrogen-bond donors (Lipinski definition) is 1. The normalized spacial score (nSPS) is 12.4. The van der Waals surface area contributed by atoms with Crippen molar-refractivity contribution in [2.24, 2.45) is 0 Å². The summed E-state index contributed by atoms with van der Waals surface area (Å²) in [5.41, 5.74) is -0.961. The molecule has 0 bridgehead atoms. The van der Waals surface area contributed by atoms with E-state index in [0.717, 1.165) is 12.1 Å². The van der Waals surface area contributed by atoms with E-state index in [-0.39, 0.29) is 10.7 Å². The molecule has 0 aliphatic heterocycles. The third-order valence-electron chi connectivity index (χ3n) is 2.76. The lowest BCUT2D eigenvalue weighted by Crippen LogP contribution is -2.15. The predicted molar refractivity (Wildman–Crippen MR) is 75.2 cm³/mol. The molecule has 120 valence electrons. The zero-order valence-corrected chi connectivity index (χ0v) is 12.8. The Kier molecular flexibility index (Phi) is 4.39. The fourth-order valence-electron chi connectivity index (χ4n) is 1.68. The fourth-order valence-corrected chi connectivity index (χ4v) is 3.24. The average Bonchev–Trinajstić information content (AvgIpc) is 2.84. The summed E-state index contributed by atoms with van der Waals surface area (Å²) in [5, 5.41) is 3.57. The Hall–Kier alpha value is -1.74. The second kappa shape index (κ2) is 5.81. The number of hydrogen-bond acceptors (Lipinski definition) is 3. The van der Waals surface area contributed by atoms with Gasteiger partial charge in [-0.25, -0.2) is 8.42 Å². The van der Waals surface area contributed by atoms with Crippen molar-refractivity contribution < 1.29 is 21.6 Å². The number of nitrogens with zero attached hydrogens (tertiary/aromatic N) is 2. The summed E-state index contributed by atoms with van der Waals surface area (Å²) in [6.07, 6.45) is -2.00. The first kappa shape index (κ1) is 16.6. The molecule has 0 fully saturated rings. The molecule has 22 heavy (non-hydrogen) atoms. The Morgan fingerprint density at radius 3 is 2.59 bits per heavy atom. The minimum Gasteiger partial charge on any atom is -0.276 e. The second-order valence-corrected chi connectivity index (χ2v) is 6.39. The summed E-state index contributed by atoms with van der Waals surface area (Å²) in [7, 11) is -4.26. The summed E-state index contributed by atoms with van der Waals surface area (Å²) in [4.78, 5) is -0.645. The molecule has 1 heterocycles. The van der Waals surface area contributed by atoms with E-state index >= 15 is 0 Å². The van der Waals surface area contributed by atoms with Gasteiger partial charge in [-0.15, -0.1) is 0 Å². The Labute approximate surface area is 129 Å². The Morgan fingerprint density at radius 1 is 1.36 bits per heavy atom. The molecule has 5 nitrogen and oxygen atoms in total. The van der Waals surface area contributed by atoms with Gasteiger partial charge in [-0.2, -0.15) is 18.3 Å². The zero-order valence-electron chi connectivity index (χ0n) is 11.2. The highest BCUT2D eigenvalue weighted by atomic mass is 35.5. The molecule has 0 saturated heterocycles. The quantitative estimate of drug-likeness (QED) is 0.916. The maximum atomic E-state index is 12.7. The van der Waals surface area contributed by atoms with E-state index in [1.807, 2.05) is 0 Å². The van der Waals surface area contributed by atoms with Gasteiger partial charge in [-0.3, -0.25) is 9.40 Å². The summed E-state index contributed by atoms with van der Waals surface area (Å²) in [5.74, 6) is 0. The summed E-state index contributed by atoms with van der Waals surface area (Å²) >= 11 is 5.72. The first-order valence-electron chi connectivity index (χ1n) is 6.05. The van der Waals surface area contributed by atoms with Gasteiger partial charge in [0.25, 0.3) is 10.0 Å². The number of nitrogens with one attached hydrogen (secondary N) is 1. The lowest BCUT2D eigenvalue weighted by molar-refractivity contribution is -0.137. The molecule has 0 spiro atoms. The van der Waals surface area contributed by atoms with Gasteiger partial charge in [0.15, 0.2) is 0 Å². The van der Waals surface area contributed by atoms with Crippen LogP contribution in [0.5, 0.6) is 0 Å². The molecule has 0 saturated carbocycles. The Bertz CT molecular complexity index is 787. The summed E-state index contributed by atoms with van der Waals surface area (Å²) < 4.78 is 66.1. The molecule has 0 atom stereocenters. The maximum Gasteiger partial charge on any atom is 0.416 e. The molecule has 1 aromatic heterocycles. The number of aromatic nitrogens is 2. The van der Waals surface area contributed by atoms with Crippen LogP contribution in [0.3, 0.4) is 0 Å². The molecule has 1 N–H and O–H groups in total. The van der Waals surface area contributed by atoms with Crippen molar-refractivity contribution in [1.29, 1.82) is 0 Å². The van der Waals surface area contributed by atoms with Gasteiger partial charge in [-0.1, -0.05) is 11.6 Å². The SMILES string of the molecule is CCn1cc(NS(=O)(=O)c2cc(C(F)(F)F)ccc2Cl)cn1. The van der Waals surface area contributed by atoms with Crippen LogP contribution in [0.4, 0.5) is 18.9 Å². The van der Waals surface area contributed by atoms with E-state index < -0.39 is 26.7 Å². The third-order valence-corrected chi connectivity index (χ3v) is 4.62. The Balaban J connectivity index is 2.40. The van der Waals surface area contributed by atoms with Gasteiger partial charge < -0.3 is 0 Å². The number of alkyl halides is 3. The molecule has 2 aromatic rings. The number of benzene rings is 1. The molecule has 0 amide bonds. The average molecular weight is 354 g/mol. The largest absolute Gasteiger partial charge is 0.416 e. The van der Waals surface area contributed by atoms with E-state index in [0.29, 0.717) is 12.6 Å². The van der Waals surface area contributed by atoms with E-state index in [2.05, 4.69) is 9.82 Å². The highest BCUT2D eigenvalue weighted by Crippen LogP contribution is 2.33. The Morgan fingerprint density at radius 2 is 2.05 bits per heavy atom. The first-order chi connectivity index (χ1) is 10.1. The molecular formula is C12H11ClF3N3O2S. The minimum absolute atomic E-state index is 0.135. The van der Waals surface area contributed by atoms with Crippen LogP contribution >= 0.6 is 11.6 Å². The van der Waals surface area contributed by atoms with Crippen LogP contribution < -0.4 is 4.72 Å². The van der Waals surface area contributed by atoms with Crippen LogP contribution in [0, 0.1) is 0 Å². The van der Waals surface area contributed by atoms with Crippen LogP contribution in [-0.4, -0.2) is 18.2 Å². The first-order valence-corrected chi connectivity index (χ1v) is 7.91. The van der Waals surface area contributed by atoms with Crippen molar-refractivity contribution in [1.82, 2.24) is 9.78 Å². The van der Waals surface area contributed by atoms with Gasteiger partial charge in [0, 0.05) is 12.7 Å². The van der Waals surface area contributed by atoms with Crippen molar-refractivity contribution in [2.75, 3.05) is 4.72 Å². The van der Waals surface area contributed by atoms with Crippen molar-refractivity contribution in [2.45, 2.75) is 24.5 Å². The molecule has 0 aliphatic rings. The maximum absolute atomic E-state index is 12.7. The van der Waals surface area contributed by atoms with E-state index in [1.165, 1.54) is 17.1 Å².